The first kappa shape index (κ1) is 12.6. The molecule has 0 aliphatic heterocycles. The summed E-state index contributed by atoms with van der Waals surface area (Å²) in [6.45, 7) is 15.9. The third-order valence-corrected chi connectivity index (χ3v) is 1.27. The molecule has 0 fully saturated rings. The molecule has 0 bridgehead atoms. The van der Waals surface area contributed by atoms with Crippen molar-refractivity contribution in [3.05, 3.63) is 49.1 Å². The Bertz CT molecular complexity index is 155. The molecule has 0 aliphatic carbocycles. The zero-order valence-electron chi connectivity index (χ0n) is 7.85. The van der Waals surface area contributed by atoms with Gasteiger partial charge in [0.25, 0.3) is 0 Å². The number of hydrogen-bond acceptors (Lipinski definition) is 0. The van der Waals surface area contributed by atoms with Crippen LogP contribution in [0, 0.1) is 0 Å². The zero-order valence-corrected chi connectivity index (χ0v) is 7.85. The van der Waals surface area contributed by atoms with Gasteiger partial charge < -0.3 is 0 Å². The highest BCUT2D eigenvalue weighted by Gasteiger charge is 1.81. The number of allylic oxidation sites excluding steroid dienone is 5. The van der Waals surface area contributed by atoms with E-state index in [9.17, 15) is 0 Å². The van der Waals surface area contributed by atoms with Crippen LogP contribution in [-0.2, 0) is 0 Å². The maximum Gasteiger partial charge on any atom is -0.0398 e. The fourth-order valence-electron chi connectivity index (χ4n) is 0.379. The summed E-state index contributed by atoms with van der Waals surface area (Å²) in [6, 6.07) is 0. The monoisotopic (exact) mass is 150 g/mol. The predicted octanol–water partition coefficient (Wildman–Crippen LogP) is 3.89. The van der Waals surface area contributed by atoms with E-state index >= 15 is 0 Å². The van der Waals surface area contributed by atoms with Crippen molar-refractivity contribution in [2.24, 2.45) is 0 Å². The van der Waals surface area contributed by atoms with Gasteiger partial charge in [-0.2, -0.15) is 0 Å². The SMILES string of the molecule is C=C.C=C/C=C\C(C)=C(C)C. The summed E-state index contributed by atoms with van der Waals surface area (Å²) in [4.78, 5) is 0. The molecule has 0 rings (SSSR count). The summed E-state index contributed by atoms with van der Waals surface area (Å²) in [5, 5.41) is 0. The number of rotatable bonds is 2. The molecule has 0 nitrogen and oxygen atoms in total. The molecule has 0 heteroatoms. The highest BCUT2D eigenvalue weighted by atomic mass is 13.9. The first-order valence-corrected chi connectivity index (χ1v) is 3.61. The minimum absolute atomic E-state index is 1.31. The lowest BCUT2D eigenvalue weighted by Gasteiger charge is -1.92. The van der Waals surface area contributed by atoms with Gasteiger partial charge >= 0.3 is 0 Å². The van der Waals surface area contributed by atoms with E-state index in [4.69, 9.17) is 0 Å². The van der Waals surface area contributed by atoms with Crippen molar-refractivity contribution in [2.45, 2.75) is 20.8 Å². The van der Waals surface area contributed by atoms with Gasteiger partial charge in [-0.25, -0.2) is 0 Å². The van der Waals surface area contributed by atoms with Crippen LogP contribution in [0.5, 0.6) is 0 Å². The summed E-state index contributed by atoms with van der Waals surface area (Å²) in [5.41, 5.74) is 2.67. The lowest BCUT2D eigenvalue weighted by Crippen LogP contribution is -1.71. The highest BCUT2D eigenvalue weighted by molar-refractivity contribution is 5.23. The van der Waals surface area contributed by atoms with E-state index in [0.29, 0.717) is 0 Å². The third kappa shape index (κ3) is 8.96. The second-order valence-electron chi connectivity index (χ2n) is 2.28. The topological polar surface area (TPSA) is 0 Å². The van der Waals surface area contributed by atoms with E-state index < -0.39 is 0 Å². The summed E-state index contributed by atoms with van der Waals surface area (Å²) < 4.78 is 0. The molecule has 0 atom stereocenters. The van der Waals surface area contributed by atoms with Gasteiger partial charge in [0.15, 0.2) is 0 Å². The average Bonchev–Trinajstić information content (AvgIpc) is 2.03. The lowest BCUT2D eigenvalue weighted by atomic mass is 10.2. The molecule has 0 amide bonds. The summed E-state index contributed by atoms with van der Waals surface area (Å²) in [5.74, 6) is 0. The van der Waals surface area contributed by atoms with E-state index in [-0.39, 0.29) is 0 Å². The fourth-order valence-corrected chi connectivity index (χ4v) is 0.379. The van der Waals surface area contributed by atoms with Gasteiger partial charge in [0.1, 0.15) is 0 Å². The van der Waals surface area contributed by atoms with Crippen LogP contribution in [0.2, 0.25) is 0 Å². The molecule has 62 valence electrons. The van der Waals surface area contributed by atoms with E-state index in [1.807, 2.05) is 6.08 Å². The van der Waals surface area contributed by atoms with Crippen LogP contribution in [0.25, 0.3) is 0 Å². The third-order valence-electron chi connectivity index (χ3n) is 1.27. The summed E-state index contributed by atoms with van der Waals surface area (Å²) in [6.07, 6.45) is 5.79. The maximum atomic E-state index is 3.58. The quantitative estimate of drug-likeness (QED) is 0.414. The Balaban J connectivity index is 0. The molecular formula is C11H18. The normalized spacial score (nSPS) is 8.27. The Morgan fingerprint density at radius 2 is 1.55 bits per heavy atom. The Labute approximate surface area is 70.6 Å². The van der Waals surface area contributed by atoms with Crippen LogP contribution >= 0.6 is 0 Å². The van der Waals surface area contributed by atoms with E-state index in [1.165, 1.54) is 11.1 Å². The lowest BCUT2D eigenvalue weighted by molar-refractivity contribution is 1.29. The second kappa shape index (κ2) is 8.96. The summed E-state index contributed by atoms with van der Waals surface area (Å²) in [7, 11) is 0. The minimum atomic E-state index is 1.31. The van der Waals surface area contributed by atoms with Crippen LogP contribution in [0.4, 0.5) is 0 Å². The van der Waals surface area contributed by atoms with E-state index in [0.717, 1.165) is 0 Å². The van der Waals surface area contributed by atoms with E-state index in [1.54, 1.807) is 6.08 Å². The van der Waals surface area contributed by atoms with Crippen molar-refractivity contribution in [3.8, 4) is 0 Å². The van der Waals surface area contributed by atoms with Crippen LogP contribution < -0.4 is 0 Å². The standard InChI is InChI=1S/C9H14.C2H4/c1-5-6-7-9(4)8(2)3;1-2/h5-7H,1H2,2-4H3;1-2H2/b7-6-;. The molecular weight excluding hydrogens is 132 g/mol. The molecule has 0 aromatic carbocycles. The van der Waals surface area contributed by atoms with Gasteiger partial charge in [-0.1, -0.05) is 36.0 Å². The molecule has 0 saturated heterocycles. The molecule has 0 spiro atoms. The van der Waals surface area contributed by atoms with Crippen LogP contribution in [0.15, 0.2) is 49.1 Å². The van der Waals surface area contributed by atoms with Gasteiger partial charge in [-0.3, -0.25) is 0 Å². The van der Waals surface area contributed by atoms with Gasteiger partial charge in [0.2, 0.25) is 0 Å². The number of hydrogen-bond donors (Lipinski definition) is 0. The Morgan fingerprint density at radius 1 is 1.09 bits per heavy atom. The van der Waals surface area contributed by atoms with Gasteiger partial charge in [-0.05, 0) is 20.8 Å². The minimum Gasteiger partial charge on any atom is -0.106 e. The van der Waals surface area contributed by atoms with Crippen molar-refractivity contribution >= 4 is 0 Å². The van der Waals surface area contributed by atoms with Crippen molar-refractivity contribution in [2.75, 3.05) is 0 Å². The molecule has 0 radical (unpaired) electrons. The largest absolute Gasteiger partial charge is 0.106 e. The Kier molecular flexibility index (Phi) is 10.3. The fraction of sp³-hybridized carbons (Fsp3) is 0.273. The molecule has 0 aliphatic rings. The predicted molar refractivity (Wildman–Crippen MR) is 54.6 cm³/mol. The first-order valence-electron chi connectivity index (χ1n) is 3.61. The smallest absolute Gasteiger partial charge is 0.0398 e. The van der Waals surface area contributed by atoms with Crippen molar-refractivity contribution in [1.29, 1.82) is 0 Å². The van der Waals surface area contributed by atoms with Crippen molar-refractivity contribution in [3.63, 3.8) is 0 Å². The van der Waals surface area contributed by atoms with Crippen LogP contribution in [0.3, 0.4) is 0 Å². The Hall–Kier alpha value is -1.04. The van der Waals surface area contributed by atoms with Crippen LogP contribution in [-0.4, -0.2) is 0 Å². The molecule has 0 aromatic rings. The van der Waals surface area contributed by atoms with Crippen molar-refractivity contribution in [1.82, 2.24) is 0 Å². The molecule has 0 aromatic heterocycles. The average molecular weight is 150 g/mol. The van der Waals surface area contributed by atoms with E-state index in [2.05, 4.69) is 46.6 Å². The van der Waals surface area contributed by atoms with Crippen LogP contribution in [0.1, 0.15) is 20.8 Å². The molecule has 11 heavy (non-hydrogen) atoms. The summed E-state index contributed by atoms with van der Waals surface area (Å²) >= 11 is 0. The van der Waals surface area contributed by atoms with Gasteiger partial charge in [-0.15, -0.1) is 13.2 Å². The molecule has 0 heterocycles. The highest BCUT2D eigenvalue weighted by Crippen LogP contribution is 2.02. The molecule has 0 saturated carbocycles. The Morgan fingerprint density at radius 3 is 1.82 bits per heavy atom. The zero-order chi connectivity index (χ0) is 9.28. The van der Waals surface area contributed by atoms with Gasteiger partial charge in [0.05, 0.1) is 0 Å². The van der Waals surface area contributed by atoms with Gasteiger partial charge in [0, 0.05) is 0 Å². The molecule has 0 unspecified atom stereocenters. The maximum absolute atomic E-state index is 3.58. The van der Waals surface area contributed by atoms with Crippen molar-refractivity contribution < 1.29 is 0 Å². The molecule has 0 N–H and O–H groups in total. The second-order valence-corrected chi connectivity index (χ2v) is 2.28. The first-order chi connectivity index (χ1) is 5.18.